The highest BCUT2D eigenvalue weighted by atomic mass is 19.1. The molecule has 0 saturated carbocycles. The van der Waals surface area contributed by atoms with Crippen LogP contribution in [0.2, 0.25) is 0 Å². The van der Waals surface area contributed by atoms with Crippen LogP contribution in [-0.4, -0.2) is 5.91 Å². The van der Waals surface area contributed by atoms with Gasteiger partial charge in [-0.25, -0.2) is 8.78 Å². The van der Waals surface area contributed by atoms with Gasteiger partial charge >= 0.3 is 0 Å². The molecule has 0 atom stereocenters. The van der Waals surface area contributed by atoms with E-state index in [4.69, 9.17) is 5.73 Å². The number of amides is 1. The summed E-state index contributed by atoms with van der Waals surface area (Å²) in [6.07, 6.45) is 1.72. The van der Waals surface area contributed by atoms with Gasteiger partial charge in [0.2, 0.25) is 0 Å². The molecule has 110 valence electrons. The maximum Gasteiger partial charge on any atom is 0.258 e. The lowest BCUT2D eigenvalue weighted by molar-refractivity contribution is 0.102. The van der Waals surface area contributed by atoms with Crippen molar-refractivity contribution in [2.45, 2.75) is 19.8 Å². The summed E-state index contributed by atoms with van der Waals surface area (Å²) in [4.78, 5) is 12.1. The second kappa shape index (κ2) is 6.35. The Hall–Kier alpha value is -2.43. The summed E-state index contributed by atoms with van der Waals surface area (Å²) in [5.41, 5.74) is 6.42. The van der Waals surface area contributed by atoms with Crippen LogP contribution in [0.1, 0.15) is 29.3 Å². The molecule has 5 heteroatoms. The molecule has 0 aliphatic heterocycles. The van der Waals surface area contributed by atoms with Gasteiger partial charge in [-0.2, -0.15) is 0 Å². The van der Waals surface area contributed by atoms with E-state index in [-0.39, 0.29) is 11.3 Å². The standard InChI is InChI=1S/C16H16F2N2O/c1-2-5-10-6-3-4-7-15(10)20-16(21)11-8-14(19)13(18)9-12(11)17/h3-4,6-9H,2,5,19H2,1H3,(H,20,21). The van der Waals surface area contributed by atoms with Crippen molar-refractivity contribution in [3.8, 4) is 0 Å². The lowest BCUT2D eigenvalue weighted by atomic mass is 10.1. The minimum Gasteiger partial charge on any atom is -0.396 e. The number of hydrogen-bond donors (Lipinski definition) is 2. The average Bonchev–Trinajstić information content (AvgIpc) is 2.45. The summed E-state index contributed by atoms with van der Waals surface area (Å²) in [5, 5.41) is 2.64. The van der Waals surface area contributed by atoms with Gasteiger partial charge in [0.05, 0.1) is 11.3 Å². The highest BCUT2D eigenvalue weighted by Crippen LogP contribution is 2.21. The topological polar surface area (TPSA) is 55.1 Å². The molecule has 3 N–H and O–H groups in total. The molecule has 0 aliphatic carbocycles. The molecular weight excluding hydrogens is 274 g/mol. The van der Waals surface area contributed by atoms with Gasteiger partial charge < -0.3 is 11.1 Å². The van der Waals surface area contributed by atoms with E-state index in [1.54, 1.807) is 12.1 Å². The number of para-hydroxylation sites is 1. The maximum atomic E-state index is 13.7. The molecule has 2 aromatic carbocycles. The second-order valence-corrected chi connectivity index (χ2v) is 4.71. The summed E-state index contributed by atoms with van der Waals surface area (Å²) in [6, 6.07) is 8.91. The lowest BCUT2D eigenvalue weighted by Gasteiger charge is -2.11. The molecule has 0 spiro atoms. The Morgan fingerprint density at radius 1 is 1.19 bits per heavy atom. The molecule has 2 rings (SSSR count). The van der Waals surface area contributed by atoms with Crippen LogP contribution < -0.4 is 11.1 Å². The van der Waals surface area contributed by atoms with Crippen LogP contribution >= 0.6 is 0 Å². The number of carbonyl (C=O) groups excluding carboxylic acids is 1. The number of benzene rings is 2. The fourth-order valence-corrected chi connectivity index (χ4v) is 2.06. The van der Waals surface area contributed by atoms with Crippen molar-refractivity contribution in [2.75, 3.05) is 11.1 Å². The third kappa shape index (κ3) is 3.37. The van der Waals surface area contributed by atoms with Crippen molar-refractivity contribution < 1.29 is 13.6 Å². The zero-order valence-corrected chi connectivity index (χ0v) is 11.6. The number of rotatable bonds is 4. The van der Waals surface area contributed by atoms with Gasteiger partial charge in [0, 0.05) is 11.8 Å². The second-order valence-electron chi connectivity index (χ2n) is 4.71. The smallest absolute Gasteiger partial charge is 0.258 e. The van der Waals surface area contributed by atoms with Crippen LogP contribution in [0, 0.1) is 11.6 Å². The van der Waals surface area contributed by atoms with Crippen LogP contribution in [0.5, 0.6) is 0 Å². The zero-order valence-electron chi connectivity index (χ0n) is 11.6. The molecule has 2 aromatic rings. The van der Waals surface area contributed by atoms with E-state index in [0.29, 0.717) is 11.8 Å². The van der Waals surface area contributed by atoms with Crippen LogP contribution in [0.3, 0.4) is 0 Å². The Kier molecular flexibility index (Phi) is 4.52. The van der Waals surface area contributed by atoms with Crippen molar-refractivity contribution in [3.05, 3.63) is 59.2 Å². The van der Waals surface area contributed by atoms with Gasteiger partial charge in [-0.1, -0.05) is 31.5 Å². The van der Waals surface area contributed by atoms with Crippen molar-refractivity contribution in [3.63, 3.8) is 0 Å². The van der Waals surface area contributed by atoms with Crippen molar-refractivity contribution >= 4 is 17.3 Å². The van der Waals surface area contributed by atoms with E-state index < -0.39 is 17.5 Å². The van der Waals surface area contributed by atoms with Crippen LogP contribution in [0.15, 0.2) is 36.4 Å². The quantitative estimate of drug-likeness (QED) is 0.842. The first-order valence-electron chi connectivity index (χ1n) is 6.66. The molecule has 0 unspecified atom stereocenters. The monoisotopic (exact) mass is 290 g/mol. The number of hydrogen-bond acceptors (Lipinski definition) is 2. The highest BCUT2D eigenvalue weighted by molar-refractivity contribution is 6.05. The Balaban J connectivity index is 2.28. The largest absolute Gasteiger partial charge is 0.396 e. The Labute approximate surface area is 121 Å². The third-order valence-corrected chi connectivity index (χ3v) is 3.12. The first-order valence-corrected chi connectivity index (χ1v) is 6.66. The molecule has 0 heterocycles. The number of carbonyl (C=O) groups is 1. The molecule has 0 radical (unpaired) electrons. The predicted octanol–water partition coefficient (Wildman–Crippen LogP) is 3.75. The van der Waals surface area contributed by atoms with E-state index in [1.165, 1.54) is 0 Å². The summed E-state index contributed by atoms with van der Waals surface area (Å²) in [7, 11) is 0. The summed E-state index contributed by atoms with van der Waals surface area (Å²) in [5.74, 6) is -2.47. The molecule has 0 saturated heterocycles. The molecule has 1 amide bonds. The number of nitrogens with two attached hydrogens (primary N) is 1. The maximum absolute atomic E-state index is 13.7. The molecule has 3 nitrogen and oxygen atoms in total. The van der Waals surface area contributed by atoms with Gasteiger partial charge in [0.15, 0.2) is 0 Å². The van der Waals surface area contributed by atoms with Crippen LogP contribution in [-0.2, 0) is 6.42 Å². The summed E-state index contributed by atoms with van der Waals surface area (Å²) < 4.78 is 26.8. The third-order valence-electron chi connectivity index (χ3n) is 3.12. The first kappa shape index (κ1) is 15.0. The van der Waals surface area contributed by atoms with Gasteiger partial charge in [0.25, 0.3) is 5.91 Å². The van der Waals surface area contributed by atoms with Gasteiger partial charge in [-0.15, -0.1) is 0 Å². The summed E-state index contributed by atoms with van der Waals surface area (Å²) in [6.45, 7) is 2.03. The number of nitrogens with one attached hydrogen (secondary N) is 1. The van der Waals surface area contributed by atoms with E-state index in [9.17, 15) is 13.6 Å². The lowest BCUT2D eigenvalue weighted by Crippen LogP contribution is -2.16. The number of halogens is 2. The Morgan fingerprint density at radius 3 is 2.62 bits per heavy atom. The number of aryl methyl sites for hydroxylation is 1. The molecule has 0 fully saturated rings. The zero-order chi connectivity index (χ0) is 15.4. The van der Waals surface area contributed by atoms with E-state index in [1.807, 2.05) is 19.1 Å². The van der Waals surface area contributed by atoms with Gasteiger partial charge in [-0.3, -0.25) is 4.79 Å². The number of nitrogen functional groups attached to an aromatic ring is 1. The molecule has 0 aliphatic rings. The van der Waals surface area contributed by atoms with E-state index in [2.05, 4.69) is 5.32 Å². The fourth-order valence-electron chi connectivity index (χ4n) is 2.06. The normalized spacial score (nSPS) is 10.4. The predicted molar refractivity (Wildman–Crippen MR) is 79.2 cm³/mol. The van der Waals surface area contributed by atoms with E-state index >= 15 is 0 Å². The fraction of sp³-hybridized carbons (Fsp3) is 0.188. The Bertz CT molecular complexity index is 671. The minimum atomic E-state index is -0.938. The first-order chi connectivity index (χ1) is 10.0. The van der Waals surface area contributed by atoms with Crippen molar-refractivity contribution in [2.24, 2.45) is 0 Å². The number of anilines is 2. The highest BCUT2D eigenvalue weighted by Gasteiger charge is 2.16. The Morgan fingerprint density at radius 2 is 1.90 bits per heavy atom. The molecule has 0 aromatic heterocycles. The summed E-state index contributed by atoms with van der Waals surface area (Å²) >= 11 is 0. The van der Waals surface area contributed by atoms with Gasteiger partial charge in [-0.05, 0) is 24.1 Å². The molecular formula is C16H16F2N2O. The average molecular weight is 290 g/mol. The van der Waals surface area contributed by atoms with E-state index in [0.717, 1.165) is 24.5 Å². The van der Waals surface area contributed by atoms with Crippen molar-refractivity contribution in [1.29, 1.82) is 0 Å². The van der Waals surface area contributed by atoms with Crippen LogP contribution in [0.25, 0.3) is 0 Å². The molecule has 0 bridgehead atoms. The molecule has 21 heavy (non-hydrogen) atoms. The minimum absolute atomic E-state index is 0.261. The van der Waals surface area contributed by atoms with Gasteiger partial charge in [0.1, 0.15) is 11.6 Å². The van der Waals surface area contributed by atoms with Crippen molar-refractivity contribution in [1.82, 2.24) is 0 Å². The van der Waals surface area contributed by atoms with Crippen LogP contribution in [0.4, 0.5) is 20.2 Å². The SMILES string of the molecule is CCCc1ccccc1NC(=O)c1cc(N)c(F)cc1F.